The third-order valence-electron chi connectivity index (χ3n) is 4.32. The molecule has 2 heterocycles. The molecule has 0 spiro atoms. The van der Waals surface area contributed by atoms with E-state index in [1.807, 2.05) is 4.57 Å². The Labute approximate surface area is 138 Å². The Morgan fingerprint density at radius 1 is 1.25 bits per heavy atom. The van der Waals surface area contributed by atoms with E-state index < -0.39 is 0 Å². The minimum atomic E-state index is -0.337. The van der Waals surface area contributed by atoms with E-state index in [9.17, 15) is 14.8 Å². The van der Waals surface area contributed by atoms with Gasteiger partial charge in [-0.3, -0.25) is 4.99 Å². The van der Waals surface area contributed by atoms with Crippen molar-refractivity contribution in [2.45, 2.75) is 13.0 Å². The van der Waals surface area contributed by atoms with Gasteiger partial charge in [0.1, 0.15) is 17.3 Å². The fourth-order valence-electron chi connectivity index (χ4n) is 3.27. The third-order valence-corrected chi connectivity index (χ3v) is 4.32. The summed E-state index contributed by atoms with van der Waals surface area (Å²) in [5.74, 6) is -0.221. The lowest BCUT2D eigenvalue weighted by Crippen LogP contribution is -2.02. The molecule has 118 valence electrons. The highest BCUT2D eigenvalue weighted by Crippen LogP contribution is 2.39. The van der Waals surface area contributed by atoms with Gasteiger partial charge in [-0.05, 0) is 36.2 Å². The van der Waals surface area contributed by atoms with Gasteiger partial charge in [0.2, 0.25) is 0 Å². The van der Waals surface area contributed by atoms with Crippen LogP contribution in [-0.4, -0.2) is 22.4 Å². The minimum absolute atomic E-state index is 0.116. The van der Waals surface area contributed by atoms with Crippen molar-refractivity contribution in [3.63, 3.8) is 0 Å². The van der Waals surface area contributed by atoms with E-state index in [2.05, 4.69) is 11.1 Å². The van der Waals surface area contributed by atoms with Crippen LogP contribution in [0.4, 0.5) is 4.39 Å². The van der Waals surface area contributed by atoms with Crippen LogP contribution in [0.2, 0.25) is 0 Å². The molecule has 2 aromatic carbocycles. The standard InChI is InChI=1S/C19H14FN3O/c20-14-4-1-3-13(9-14)15-7-12(10-21)8-16-18(15)23-6-2-5-22-11-17(23)19(16)24/h1,3-4,7-9,11,24H,2,5-6H2. The lowest BCUT2D eigenvalue weighted by atomic mass is 9.99. The summed E-state index contributed by atoms with van der Waals surface area (Å²) in [7, 11) is 0. The second kappa shape index (κ2) is 5.50. The van der Waals surface area contributed by atoms with Gasteiger partial charge < -0.3 is 9.67 Å². The Morgan fingerprint density at radius 3 is 2.92 bits per heavy atom. The van der Waals surface area contributed by atoms with Gasteiger partial charge in [0.25, 0.3) is 0 Å². The number of nitrogens with zero attached hydrogens (tertiary/aromatic N) is 3. The Morgan fingerprint density at radius 2 is 2.12 bits per heavy atom. The fourth-order valence-corrected chi connectivity index (χ4v) is 3.27. The monoisotopic (exact) mass is 319 g/mol. The molecular weight excluding hydrogens is 305 g/mol. The second-order valence-corrected chi connectivity index (χ2v) is 5.82. The molecule has 0 bridgehead atoms. The SMILES string of the molecule is N#Cc1cc(-c2cccc(F)c2)c2c(c1)c(O)c1n2CCCN=C1. The van der Waals surface area contributed by atoms with E-state index in [4.69, 9.17) is 0 Å². The van der Waals surface area contributed by atoms with Gasteiger partial charge in [0.05, 0.1) is 17.1 Å². The molecule has 4 rings (SSSR count). The molecule has 5 heteroatoms. The van der Waals surface area contributed by atoms with E-state index in [1.165, 1.54) is 12.1 Å². The summed E-state index contributed by atoms with van der Waals surface area (Å²) in [6.45, 7) is 1.41. The molecule has 1 aliphatic rings. The largest absolute Gasteiger partial charge is 0.505 e. The average Bonchev–Trinajstić information content (AvgIpc) is 2.77. The first-order valence-corrected chi connectivity index (χ1v) is 7.74. The highest BCUT2D eigenvalue weighted by molar-refractivity contribution is 6.04. The number of rotatable bonds is 1. The van der Waals surface area contributed by atoms with Gasteiger partial charge in [-0.2, -0.15) is 5.26 Å². The second-order valence-electron chi connectivity index (χ2n) is 5.82. The summed E-state index contributed by atoms with van der Waals surface area (Å²) in [5.41, 5.74) is 3.28. The number of aryl methyl sites for hydroxylation is 1. The Kier molecular flexibility index (Phi) is 3.31. The summed E-state index contributed by atoms with van der Waals surface area (Å²) in [6, 6.07) is 11.8. The zero-order chi connectivity index (χ0) is 16.7. The number of aromatic hydroxyl groups is 1. The van der Waals surface area contributed by atoms with E-state index in [0.29, 0.717) is 35.3 Å². The van der Waals surface area contributed by atoms with Crippen molar-refractivity contribution in [1.82, 2.24) is 4.57 Å². The molecule has 0 saturated heterocycles. The quantitative estimate of drug-likeness (QED) is 0.740. The predicted molar refractivity (Wildman–Crippen MR) is 90.8 cm³/mol. The Balaban J connectivity index is 2.13. The van der Waals surface area contributed by atoms with E-state index >= 15 is 0 Å². The molecule has 0 fully saturated rings. The number of halogens is 1. The normalized spacial score (nSPS) is 13.5. The third kappa shape index (κ3) is 2.16. The van der Waals surface area contributed by atoms with Crippen LogP contribution in [0.15, 0.2) is 41.4 Å². The van der Waals surface area contributed by atoms with Crippen LogP contribution < -0.4 is 0 Å². The van der Waals surface area contributed by atoms with E-state index in [0.717, 1.165) is 17.5 Å². The number of benzene rings is 2. The molecule has 1 N–H and O–H groups in total. The van der Waals surface area contributed by atoms with E-state index in [1.54, 1.807) is 30.5 Å². The van der Waals surface area contributed by atoms with Gasteiger partial charge >= 0.3 is 0 Å². The number of hydrogen-bond donors (Lipinski definition) is 1. The fraction of sp³-hybridized carbons (Fsp3) is 0.158. The summed E-state index contributed by atoms with van der Waals surface area (Å²) >= 11 is 0. The predicted octanol–water partition coefficient (Wildman–Crippen LogP) is 3.85. The summed E-state index contributed by atoms with van der Waals surface area (Å²) in [5, 5.41) is 20.5. The molecule has 0 radical (unpaired) electrons. The van der Waals surface area contributed by atoms with Gasteiger partial charge in [-0.25, -0.2) is 4.39 Å². The smallest absolute Gasteiger partial charge is 0.150 e. The molecular formula is C19H14FN3O. The number of aromatic nitrogens is 1. The van der Waals surface area contributed by atoms with Crippen LogP contribution in [0.25, 0.3) is 22.0 Å². The molecule has 3 aromatic rings. The van der Waals surface area contributed by atoms with Crippen LogP contribution in [0.3, 0.4) is 0 Å². The number of nitriles is 1. The topological polar surface area (TPSA) is 61.3 Å². The van der Waals surface area contributed by atoms with Crippen LogP contribution in [-0.2, 0) is 6.54 Å². The number of fused-ring (bicyclic) bond motifs is 3. The lowest BCUT2D eigenvalue weighted by molar-refractivity contribution is 0.477. The van der Waals surface area contributed by atoms with E-state index in [-0.39, 0.29) is 11.6 Å². The highest BCUT2D eigenvalue weighted by Gasteiger charge is 2.21. The number of aliphatic imine (C=N–C) groups is 1. The molecule has 0 aliphatic carbocycles. The molecule has 0 atom stereocenters. The van der Waals surface area contributed by atoms with Gasteiger partial charge in [-0.1, -0.05) is 12.1 Å². The van der Waals surface area contributed by atoms with Crippen molar-refractivity contribution in [3.05, 3.63) is 53.5 Å². The van der Waals surface area contributed by atoms with Crippen LogP contribution in [0, 0.1) is 17.1 Å². The summed E-state index contributed by atoms with van der Waals surface area (Å²) < 4.78 is 15.7. The van der Waals surface area contributed by atoms with Gasteiger partial charge in [-0.15, -0.1) is 0 Å². The maximum atomic E-state index is 13.7. The lowest BCUT2D eigenvalue weighted by Gasteiger charge is -2.11. The van der Waals surface area contributed by atoms with Crippen molar-refractivity contribution in [1.29, 1.82) is 5.26 Å². The molecule has 0 saturated carbocycles. The van der Waals surface area contributed by atoms with Crippen molar-refractivity contribution >= 4 is 17.1 Å². The van der Waals surface area contributed by atoms with Crippen LogP contribution in [0.1, 0.15) is 17.7 Å². The van der Waals surface area contributed by atoms with Crippen molar-refractivity contribution < 1.29 is 9.50 Å². The van der Waals surface area contributed by atoms with Crippen LogP contribution >= 0.6 is 0 Å². The Hall–Kier alpha value is -3.13. The molecule has 24 heavy (non-hydrogen) atoms. The average molecular weight is 319 g/mol. The molecule has 1 aliphatic heterocycles. The Bertz CT molecular complexity index is 1030. The van der Waals surface area contributed by atoms with Crippen molar-refractivity contribution in [2.75, 3.05) is 6.54 Å². The van der Waals surface area contributed by atoms with Crippen molar-refractivity contribution in [2.24, 2.45) is 4.99 Å². The zero-order valence-corrected chi connectivity index (χ0v) is 12.8. The highest BCUT2D eigenvalue weighted by atomic mass is 19.1. The summed E-state index contributed by atoms with van der Waals surface area (Å²) in [6.07, 6.45) is 2.53. The zero-order valence-electron chi connectivity index (χ0n) is 12.8. The first kappa shape index (κ1) is 14.5. The van der Waals surface area contributed by atoms with Crippen LogP contribution in [0.5, 0.6) is 5.75 Å². The maximum absolute atomic E-state index is 13.7. The van der Waals surface area contributed by atoms with Crippen molar-refractivity contribution in [3.8, 4) is 22.9 Å². The summed E-state index contributed by atoms with van der Waals surface area (Å²) in [4.78, 5) is 4.30. The minimum Gasteiger partial charge on any atom is -0.505 e. The molecule has 1 aromatic heterocycles. The van der Waals surface area contributed by atoms with Gasteiger partial charge in [0.15, 0.2) is 0 Å². The first-order chi connectivity index (χ1) is 11.7. The van der Waals surface area contributed by atoms with Gasteiger partial charge in [0, 0.05) is 30.3 Å². The molecule has 0 amide bonds. The maximum Gasteiger partial charge on any atom is 0.150 e. The first-order valence-electron chi connectivity index (χ1n) is 7.74. The molecule has 0 unspecified atom stereocenters. The number of hydrogen-bond acceptors (Lipinski definition) is 3. The molecule has 4 nitrogen and oxygen atoms in total.